The number of carbonyl (C=O) groups is 2. The molecule has 5 rings (SSSR count). The molecular weight excluding hydrogens is 350 g/mol. The van der Waals surface area contributed by atoms with Crippen LogP contribution in [0, 0.1) is 0 Å². The van der Waals surface area contributed by atoms with E-state index < -0.39 is 11.1 Å². The van der Waals surface area contributed by atoms with Crippen LogP contribution in [0.15, 0.2) is 54.6 Å². The molecule has 1 N–H and O–H groups in total. The number of nitrogens with zero attached hydrogens (tertiary/aromatic N) is 2. The summed E-state index contributed by atoms with van der Waals surface area (Å²) in [5.74, 6) is 0.132. The number of piperidine rings is 1. The van der Waals surface area contributed by atoms with E-state index in [1.807, 2.05) is 49.5 Å². The number of fused-ring (bicyclic) bond motifs is 3. The van der Waals surface area contributed by atoms with Crippen molar-refractivity contribution in [3.8, 4) is 0 Å². The first-order chi connectivity index (χ1) is 13.6. The number of hydrogen-bond donors (Lipinski definition) is 1. The Morgan fingerprint density at radius 1 is 1.00 bits per heavy atom. The number of ketones is 1. The topological polar surface area (TPSA) is 52.7 Å². The first-order valence-corrected chi connectivity index (χ1v) is 10.1. The summed E-state index contributed by atoms with van der Waals surface area (Å²) in [6, 6.07) is 18.1. The smallest absolute Gasteiger partial charge is 0.252 e. The molecule has 2 aromatic rings. The van der Waals surface area contributed by atoms with E-state index in [1.54, 1.807) is 0 Å². The van der Waals surface area contributed by atoms with E-state index in [9.17, 15) is 9.59 Å². The Kier molecular flexibility index (Phi) is 3.93. The van der Waals surface area contributed by atoms with Crippen molar-refractivity contribution in [3.05, 3.63) is 65.7 Å². The summed E-state index contributed by atoms with van der Waals surface area (Å²) >= 11 is 0. The van der Waals surface area contributed by atoms with Crippen LogP contribution in [-0.4, -0.2) is 47.2 Å². The number of anilines is 1. The highest BCUT2D eigenvalue weighted by Gasteiger charge is 2.72. The SMILES string of the molecule is CN1CCC2(C(=O)CCCN2Cc2ccccc2)C12C(=O)Nc1ccccc12. The van der Waals surface area contributed by atoms with Gasteiger partial charge in [-0.25, -0.2) is 0 Å². The molecule has 5 heteroatoms. The first kappa shape index (κ1) is 17.6. The molecule has 2 fully saturated rings. The second kappa shape index (κ2) is 6.26. The van der Waals surface area contributed by atoms with Gasteiger partial charge in [-0.05, 0) is 38.1 Å². The first-order valence-electron chi connectivity index (χ1n) is 10.1. The van der Waals surface area contributed by atoms with Crippen LogP contribution >= 0.6 is 0 Å². The standard InChI is InChI=1S/C23H25N3O2/c1-25-15-13-22(23(25)18-10-5-6-11-19(18)24-21(23)28)20(27)12-7-14-26(22)16-17-8-3-2-4-9-17/h2-6,8-11H,7,12-16H2,1H3,(H,24,28). The van der Waals surface area contributed by atoms with Crippen molar-refractivity contribution in [1.82, 2.24) is 9.80 Å². The Bertz CT molecular complexity index is 944. The van der Waals surface area contributed by atoms with Crippen LogP contribution in [0.5, 0.6) is 0 Å². The highest BCUT2D eigenvalue weighted by Crippen LogP contribution is 2.56. The van der Waals surface area contributed by atoms with E-state index in [2.05, 4.69) is 27.2 Å². The largest absolute Gasteiger partial charge is 0.324 e. The molecule has 2 atom stereocenters. The van der Waals surface area contributed by atoms with Crippen LogP contribution in [0.1, 0.15) is 30.4 Å². The molecule has 0 aromatic heterocycles. The summed E-state index contributed by atoms with van der Waals surface area (Å²) in [6.07, 6.45) is 2.06. The zero-order valence-electron chi connectivity index (χ0n) is 16.1. The van der Waals surface area contributed by atoms with Gasteiger partial charge >= 0.3 is 0 Å². The number of carbonyl (C=O) groups excluding carboxylic acids is 2. The number of Topliss-reactive ketones (excluding diaryl/α,β-unsaturated/α-hetero) is 1. The van der Waals surface area contributed by atoms with E-state index in [1.165, 1.54) is 5.56 Å². The molecule has 2 spiro atoms. The summed E-state index contributed by atoms with van der Waals surface area (Å²) in [7, 11) is 1.99. The zero-order valence-corrected chi connectivity index (χ0v) is 16.1. The van der Waals surface area contributed by atoms with Gasteiger partial charge in [0.15, 0.2) is 11.3 Å². The number of nitrogens with one attached hydrogen (secondary N) is 1. The Hall–Kier alpha value is -2.50. The van der Waals surface area contributed by atoms with Crippen molar-refractivity contribution >= 4 is 17.4 Å². The molecule has 5 nitrogen and oxygen atoms in total. The number of rotatable bonds is 2. The molecule has 2 unspecified atom stereocenters. The maximum absolute atomic E-state index is 13.6. The predicted molar refractivity (Wildman–Crippen MR) is 108 cm³/mol. The summed E-state index contributed by atoms with van der Waals surface area (Å²) in [5, 5.41) is 3.08. The monoisotopic (exact) mass is 375 g/mol. The van der Waals surface area contributed by atoms with Crippen molar-refractivity contribution in [1.29, 1.82) is 0 Å². The molecule has 0 radical (unpaired) electrons. The molecule has 3 aliphatic heterocycles. The second-order valence-corrected chi connectivity index (χ2v) is 8.18. The molecule has 2 aromatic carbocycles. The fourth-order valence-corrected chi connectivity index (χ4v) is 5.78. The third-order valence-electron chi connectivity index (χ3n) is 6.92. The van der Waals surface area contributed by atoms with Crippen LogP contribution in [0.4, 0.5) is 5.69 Å². The lowest BCUT2D eigenvalue weighted by molar-refractivity contribution is -0.152. The Balaban J connectivity index is 1.70. The van der Waals surface area contributed by atoms with Crippen LogP contribution in [-0.2, 0) is 21.7 Å². The van der Waals surface area contributed by atoms with Gasteiger partial charge in [-0.3, -0.25) is 19.4 Å². The molecule has 3 heterocycles. The Labute approximate surface area is 165 Å². The summed E-state index contributed by atoms with van der Waals surface area (Å²) < 4.78 is 0. The van der Waals surface area contributed by atoms with E-state index >= 15 is 0 Å². The molecular formula is C23H25N3O2. The fourth-order valence-electron chi connectivity index (χ4n) is 5.78. The maximum atomic E-state index is 13.6. The van der Waals surface area contributed by atoms with Gasteiger partial charge in [-0.2, -0.15) is 0 Å². The molecule has 144 valence electrons. The van der Waals surface area contributed by atoms with Crippen molar-refractivity contribution < 1.29 is 9.59 Å². The number of likely N-dealkylation sites (N-methyl/N-ethyl adjacent to an activating group) is 1. The molecule has 3 aliphatic rings. The minimum Gasteiger partial charge on any atom is -0.324 e. The van der Waals surface area contributed by atoms with Gasteiger partial charge in [0, 0.05) is 30.8 Å². The highest BCUT2D eigenvalue weighted by molar-refractivity contribution is 6.12. The van der Waals surface area contributed by atoms with Crippen molar-refractivity contribution in [2.45, 2.75) is 36.9 Å². The number of likely N-dealkylation sites (tertiary alicyclic amines) is 2. The number of para-hydroxylation sites is 1. The lowest BCUT2D eigenvalue weighted by atomic mass is 9.67. The van der Waals surface area contributed by atoms with Crippen molar-refractivity contribution in [2.24, 2.45) is 0 Å². The minimum atomic E-state index is -0.962. The molecule has 1 amide bonds. The van der Waals surface area contributed by atoms with Gasteiger partial charge in [0.25, 0.3) is 5.91 Å². The third-order valence-corrected chi connectivity index (χ3v) is 6.92. The lowest BCUT2D eigenvalue weighted by Gasteiger charge is -2.52. The molecule has 0 aliphatic carbocycles. The number of amides is 1. The Morgan fingerprint density at radius 3 is 2.57 bits per heavy atom. The predicted octanol–water partition coefficient (Wildman–Crippen LogP) is 2.77. The van der Waals surface area contributed by atoms with E-state index in [4.69, 9.17) is 0 Å². The summed E-state index contributed by atoms with van der Waals surface area (Å²) in [6.45, 7) is 2.22. The molecule has 0 saturated carbocycles. The summed E-state index contributed by atoms with van der Waals surface area (Å²) in [4.78, 5) is 31.6. The van der Waals surface area contributed by atoms with E-state index in [0.717, 1.165) is 30.8 Å². The summed E-state index contributed by atoms with van der Waals surface area (Å²) in [5.41, 5.74) is 1.16. The second-order valence-electron chi connectivity index (χ2n) is 8.18. The Morgan fingerprint density at radius 2 is 1.75 bits per heavy atom. The number of hydrogen-bond acceptors (Lipinski definition) is 4. The molecule has 0 bridgehead atoms. The maximum Gasteiger partial charge on any atom is 0.252 e. The lowest BCUT2D eigenvalue weighted by Crippen LogP contribution is -2.71. The average Bonchev–Trinajstić information content (AvgIpc) is 3.18. The van der Waals surface area contributed by atoms with Crippen molar-refractivity contribution in [2.75, 3.05) is 25.5 Å². The normalized spacial score (nSPS) is 30.2. The van der Waals surface area contributed by atoms with Crippen LogP contribution in [0.2, 0.25) is 0 Å². The zero-order chi connectivity index (χ0) is 19.4. The minimum absolute atomic E-state index is 0.0676. The van der Waals surface area contributed by atoms with Gasteiger partial charge in [-0.1, -0.05) is 48.5 Å². The quantitative estimate of drug-likeness (QED) is 0.877. The van der Waals surface area contributed by atoms with Gasteiger partial charge in [0.05, 0.1) is 0 Å². The average molecular weight is 375 g/mol. The van der Waals surface area contributed by atoms with E-state index in [0.29, 0.717) is 19.4 Å². The van der Waals surface area contributed by atoms with Crippen LogP contribution in [0.3, 0.4) is 0 Å². The van der Waals surface area contributed by atoms with Crippen LogP contribution < -0.4 is 5.32 Å². The van der Waals surface area contributed by atoms with Gasteiger partial charge in [0.2, 0.25) is 0 Å². The van der Waals surface area contributed by atoms with Gasteiger partial charge < -0.3 is 5.32 Å². The van der Waals surface area contributed by atoms with Crippen LogP contribution in [0.25, 0.3) is 0 Å². The molecule has 2 saturated heterocycles. The van der Waals surface area contributed by atoms with Gasteiger partial charge in [0.1, 0.15) is 5.54 Å². The molecule has 28 heavy (non-hydrogen) atoms. The highest BCUT2D eigenvalue weighted by atomic mass is 16.2. The number of benzene rings is 2. The van der Waals surface area contributed by atoms with Gasteiger partial charge in [-0.15, -0.1) is 0 Å². The van der Waals surface area contributed by atoms with Crippen molar-refractivity contribution in [3.63, 3.8) is 0 Å². The third kappa shape index (κ3) is 2.09. The fraction of sp³-hybridized carbons (Fsp3) is 0.391. The van der Waals surface area contributed by atoms with E-state index in [-0.39, 0.29) is 11.7 Å².